The maximum absolute atomic E-state index is 13.3. The third-order valence-electron chi connectivity index (χ3n) is 3.92. The van der Waals surface area contributed by atoms with E-state index in [4.69, 9.17) is 0 Å². The van der Waals surface area contributed by atoms with Gasteiger partial charge in [-0.25, -0.2) is 4.39 Å². The van der Waals surface area contributed by atoms with Gasteiger partial charge in [-0.1, -0.05) is 12.8 Å². The summed E-state index contributed by atoms with van der Waals surface area (Å²) in [6, 6.07) is 4.00. The first-order chi connectivity index (χ1) is 10.1. The van der Waals surface area contributed by atoms with Crippen molar-refractivity contribution < 1.29 is 9.18 Å². The van der Waals surface area contributed by atoms with E-state index in [9.17, 15) is 14.0 Å². The first-order valence-electron chi connectivity index (χ1n) is 7.03. The molecule has 1 aliphatic carbocycles. The van der Waals surface area contributed by atoms with E-state index in [0.717, 1.165) is 31.7 Å². The van der Waals surface area contributed by atoms with Crippen molar-refractivity contribution in [2.45, 2.75) is 31.7 Å². The number of aromatic nitrogens is 2. The number of nitrogens with zero attached hydrogens (tertiary/aromatic N) is 2. The van der Waals surface area contributed by atoms with Gasteiger partial charge in [-0.3, -0.25) is 14.3 Å². The normalized spacial score (nSPS) is 15.5. The van der Waals surface area contributed by atoms with Crippen molar-refractivity contribution in [2.75, 3.05) is 0 Å². The smallest absolute Gasteiger partial charge is 0.276 e. The molecule has 110 valence electrons. The molecule has 5 nitrogen and oxygen atoms in total. The van der Waals surface area contributed by atoms with E-state index in [1.165, 1.54) is 16.8 Å². The van der Waals surface area contributed by atoms with Crippen LogP contribution < -0.4 is 10.7 Å². The van der Waals surface area contributed by atoms with Crippen LogP contribution in [0.1, 0.15) is 36.2 Å². The van der Waals surface area contributed by atoms with Crippen LogP contribution in [0.5, 0.6) is 0 Å². The van der Waals surface area contributed by atoms with Gasteiger partial charge in [0.05, 0.1) is 10.9 Å². The van der Waals surface area contributed by atoms with Crippen molar-refractivity contribution in [3.05, 3.63) is 39.9 Å². The molecule has 1 heterocycles. The van der Waals surface area contributed by atoms with E-state index in [1.807, 2.05) is 0 Å². The number of carbonyl (C=O) groups excluding carboxylic acids is 1. The molecular weight excluding hydrogens is 273 g/mol. The summed E-state index contributed by atoms with van der Waals surface area (Å²) in [6.07, 6.45) is 4.02. The largest absolute Gasteiger partial charge is 0.348 e. The summed E-state index contributed by atoms with van der Waals surface area (Å²) in [6.45, 7) is 0. The van der Waals surface area contributed by atoms with Crippen LogP contribution in [0, 0.1) is 5.82 Å². The van der Waals surface area contributed by atoms with E-state index >= 15 is 0 Å². The van der Waals surface area contributed by atoms with E-state index in [1.54, 1.807) is 7.05 Å². The molecule has 0 unspecified atom stereocenters. The topological polar surface area (TPSA) is 64.0 Å². The minimum absolute atomic E-state index is 0.104. The zero-order valence-corrected chi connectivity index (χ0v) is 11.7. The lowest BCUT2D eigenvalue weighted by Gasteiger charge is -2.12. The van der Waals surface area contributed by atoms with Crippen LogP contribution in [0.2, 0.25) is 0 Å². The lowest BCUT2D eigenvalue weighted by atomic mass is 10.1. The number of amides is 1. The van der Waals surface area contributed by atoms with Crippen LogP contribution in [-0.2, 0) is 7.05 Å². The lowest BCUT2D eigenvalue weighted by molar-refractivity contribution is 0.0930. The molecule has 1 saturated carbocycles. The minimum Gasteiger partial charge on any atom is -0.348 e. The molecule has 1 amide bonds. The molecule has 0 radical (unpaired) electrons. The predicted molar refractivity (Wildman–Crippen MR) is 76.7 cm³/mol. The quantitative estimate of drug-likeness (QED) is 0.916. The molecule has 1 aliphatic rings. The van der Waals surface area contributed by atoms with Gasteiger partial charge in [-0.05, 0) is 31.0 Å². The number of aryl methyl sites for hydroxylation is 1. The van der Waals surface area contributed by atoms with Crippen molar-refractivity contribution >= 4 is 16.8 Å². The maximum Gasteiger partial charge on any atom is 0.276 e. The molecule has 21 heavy (non-hydrogen) atoms. The van der Waals surface area contributed by atoms with Crippen LogP contribution in [0.4, 0.5) is 4.39 Å². The fourth-order valence-electron chi connectivity index (χ4n) is 2.82. The molecule has 0 aliphatic heterocycles. The number of hydrogen-bond acceptors (Lipinski definition) is 3. The van der Waals surface area contributed by atoms with Crippen molar-refractivity contribution in [3.8, 4) is 0 Å². The first-order valence-corrected chi connectivity index (χ1v) is 7.03. The molecule has 1 N–H and O–H groups in total. The van der Waals surface area contributed by atoms with Crippen LogP contribution in [0.25, 0.3) is 10.9 Å². The van der Waals surface area contributed by atoms with Gasteiger partial charge < -0.3 is 5.32 Å². The number of nitrogens with one attached hydrogen (secondary N) is 1. The highest BCUT2D eigenvalue weighted by atomic mass is 19.1. The van der Waals surface area contributed by atoms with Gasteiger partial charge in [0, 0.05) is 13.1 Å². The van der Waals surface area contributed by atoms with Crippen molar-refractivity contribution in [2.24, 2.45) is 7.05 Å². The van der Waals surface area contributed by atoms with Crippen LogP contribution in [0.15, 0.2) is 23.0 Å². The molecule has 0 atom stereocenters. The Kier molecular flexibility index (Phi) is 3.45. The third-order valence-corrected chi connectivity index (χ3v) is 3.92. The van der Waals surface area contributed by atoms with Crippen molar-refractivity contribution in [1.29, 1.82) is 0 Å². The third kappa shape index (κ3) is 2.53. The van der Waals surface area contributed by atoms with Crippen molar-refractivity contribution in [3.63, 3.8) is 0 Å². The van der Waals surface area contributed by atoms with Gasteiger partial charge in [0.15, 0.2) is 5.69 Å². The highest BCUT2D eigenvalue weighted by molar-refractivity contribution is 5.95. The van der Waals surface area contributed by atoms with Gasteiger partial charge in [0.25, 0.3) is 5.91 Å². The maximum atomic E-state index is 13.3. The number of rotatable bonds is 2. The number of fused-ring (bicyclic) bond motifs is 1. The lowest BCUT2D eigenvalue weighted by Crippen LogP contribution is -2.37. The van der Waals surface area contributed by atoms with Crippen molar-refractivity contribution in [1.82, 2.24) is 15.1 Å². The first kappa shape index (κ1) is 13.7. The summed E-state index contributed by atoms with van der Waals surface area (Å²) >= 11 is 0. The van der Waals surface area contributed by atoms with Crippen LogP contribution in [-0.4, -0.2) is 21.7 Å². The molecule has 0 bridgehead atoms. The molecule has 2 aromatic rings. The Labute approximate surface area is 120 Å². The van der Waals surface area contributed by atoms with Gasteiger partial charge in [-0.15, -0.1) is 0 Å². The molecule has 1 aromatic heterocycles. The van der Waals surface area contributed by atoms with E-state index in [-0.39, 0.29) is 17.1 Å². The Morgan fingerprint density at radius 1 is 1.38 bits per heavy atom. The second-order valence-corrected chi connectivity index (χ2v) is 5.42. The van der Waals surface area contributed by atoms with E-state index < -0.39 is 17.2 Å². The Hall–Kier alpha value is -2.24. The van der Waals surface area contributed by atoms with Gasteiger partial charge in [0.1, 0.15) is 5.82 Å². The number of halogens is 1. The summed E-state index contributed by atoms with van der Waals surface area (Å²) in [4.78, 5) is 24.6. The predicted octanol–water partition coefficient (Wildman–Crippen LogP) is 1.74. The summed E-state index contributed by atoms with van der Waals surface area (Å²) in [5.74, 6) is -0.985. The Morgan fingerprint density at radius 3 is 2.81 bits per heavy atom. The molecule has 3 rings (SSSR count). The summed E-state index contributed by atoms with van der Waals surface area (Å²) < 4.78 is 14.8. The zero-order chi connectivity index (χ0) is 15.0. The minimum atomic E-state index is -0.530. The fraction of sp³-hybridized carbons (Fsp3) is 0.400. The molecule has 1 aromatic carbocycles. The fourth-order valence-corrected chi connectivity index (χ4v) is 2.82. The summed E-state index contributed by atoms with van der Waals surface area (Å²) in [5, 5.41) is 7.05. The standard InChI is InChI=1S/C15H16FN3O2/c1-19-12-7-6-9(16)8-11(12)14(20)13(18-19)15(21)17-10-4-2-3-5-10/h6-8,10H,2-5H2,1H3,(H,17,21). The van der Waals surface area contributed by atoms with Gasteiger partial charge >= 0.3 is 0 Å². The number of hydrogen-bond donors (Lipinski definition) is 1. The zero-order valence-electron chi connectivity index (χ0n) is 11.7. The highest BCUT2D eigenvalue weighted by Crippen LogP contribution is 2.18. The van der Waals surface area contributed by atoms with Crippen LogP contribution in [0.3, 0.4) is 0 Å². The van der Waals surface area contributed by atoms with Gasteiger partial charge in [0.2, 0.25) is 5.43 Å². The molecule has 1 fully saturated rings. The molecule has 0 saturated heterocycles. The average molecular weight is 289 g/mol. The second-order valence-electron chi connectivity index (χ2n) is 5.42. The SMILES string of the molecule is Cn1nc(C(=O)NC2CCCC2)c(=O)c2cc(F)ccc21. The Morgan fingerprint density at radius 2 is 2.10 bits per heavy atom. The monoisotopic (exact) mass is 289 g/mol. The molecular formula is C15H16FN3O2. The Bertz CT molecular complexity index is 763. The number of benzene rings is 1. The second kappa shape index (κ2) is 5.27. The highest BCUT2D eigenvalue weighted by Gasteiger charge is 2.22. The van der Waals surface area contributed by atoms with E-state index in [2.05, 4.69) is 10.4 Å². The van der Waals surface area contributed by atoms with Gasteiger partial charge in [-0.2, -0.15) is 5.10 Å². The van der Waals surface area contributed by atoms with E-state index in [0.29, 0.717) is 5.52 Å². The Balaban J connectivity index is 2.04. The average Bonchev–Trinajstić information content (AvgIpc) is 2.95. The molecule has 6 heteroatoms. The summed E-state index contributed by atoms with van der Waals surface area (Å²) in [5.41, 5.74) is -0.209. The number of carbonyl (C=O) groups is 1. The molecule has 0 spiro atoms. The van der Waals surface area contributed by atoms with Crippen LogP contribution >= 0.6 is 0 Å². The summed E-state index contributed by atoms with van der Waals surface area (Å²) in [7, 11) is 1.63.